The number of fused-ring (bicyclic) bond motifs is 1. The van der Waals surface area contributed by atoms with Crippen molar-refractivity contribution in [1.82, 2.24) is 10.2 Å². The maximum Gasteiger partial charge on any atom is 0.291 e. The first-order valence-electron chi connectivity index (χ1n) is 9.56. The molecule has 144 valence electrons. The molecule has 0 atom stereocenters. The molecule has 0 radical (unpaired) electrons. The van der Waals surface area contributed by atoms with Gasteiger partial charge >= 0.3 is 0 Å². The van der Waals surface area contributed by atoms with Crippen LogP contribution in [-0.2, 0) is 11.2 Å². The number of furan rings is 1. The number of anilines is 1. The summed E-state index contributed by atoms with van der Waals surface area (Å²) in [5, 5.41) is 7.03. The molecule has 0 spiro atoms. The van der Waals surface area contributed by atoms with E-state index >= 15 is 0 Å². The lowest BCUT2D eigenvalue weighted by atomic mass is 10.1. The number of carbonyl (C=O) groups excluding carboxylic acids is 2. The van der Waals surface area contributed by atoms with E-state index < -0.39 is 0 Å². The molecule has 6 nitrogen and oxygen atoms in total. The van der Waals surface area contributed by atoms with Crippen LogP contribution in [0.25, 0.3) is 11.0 Å². The first-order valence-corrected chi connectivity index (χ1v) is 9.56. The van der Waals surface area contributed by atoms with Crippen LogP contribution in [0.3, 0.4) is 0 Å². The third kappa shape index (κ3) is 4.23. The summed E-state index contributed by atoms with van der Waals surface area (Å²) in [4.78, 5) is 26.8. The lowest BCUT2D eigenvalue weighted by molar-refractivity contribution is -0.130. The van der Waals surface area contributed by atoms with Gasteiger partial charge in [-0.25, -0.2) is 0 Å². The predicted molar refractivity (Wildman–Crippen MR) is 108 cm³/mol. The molecule has 0 bridgehead atoms. The maximum atomic E-state index is 12.5. The fourth-order valence-electron chi connectivity index (χ4n) is 3.37. The van der Waals surface area contributed by atoms with Crippen LogP contribution in [-0.4, -0.2) is 42.9 Å². The van der Waals surface area contributed by atoms with Gasteiger partial charge in [0, 0.05) is 30.7 Å². The van der Waals surface area contributed by atoms with Crippen molar-refractivity contribution in [2.45, 2.75) is 12.8 Å². The lowest BCUT2D eigenvalue weighted by Crippen LogP contribution is -2.35. The molecule has 2 N–H and O–H groups in total. The molecule has 6 heteroatoms. The first-order chi connectivity index (χ1) is 13.7. The van der Waals surface area contributed by atoms with Gasteiger partial charge in [0.15, 0.2) is 5.76 Å². The molecule has 2 aromatic carbocycles. The van der Waals surface area contributed by atoms with E-state index in [-0.39, 0.29) is 17.6 Å². The Morgan fingerprint density at radius 3 is 2.68 bits per heavy atom. The van der Waals surface area contributed by atoms with Gasteiger partial charge in [-0.15, -0.1) is 0 Å². The van der Waals surface area contributed by atoms with Gasteiger partial charge in [0.1, 0.15) is 5.58 Å². The number of amides is 2. The molecule has 1 saturated heterocycles. The Morgan fingerprint density at radius 2 is 1.86 bits per heavy atom. The average Bonchev–Trinajstić information content (AvgIpc) is 2.96. The van der Waals surface area contributed by atoms with E-state index in [2.05, 4.69) is 10.6 Å². The summed E-state index contributed by atoms with van der Waals surface area (Å²) in [6.07, 6.45) is 1.36. The number of benzene rings is 2. The van der Waals surface area contributed by atoms with Crippen molar-refractivity contribution in [3.8, 4) is 0 Å². The smallest absolute Gasteiger partial charge is 0.291 e. The van der Waals surface area contributed by atoms with Crippen molar-refractivity contribution >= 4 is 28.5 Å². The molecule has 0 saturated carbocycles. The van der Waals surface area contributed by atoms with E-state index in [1.54, 1.807) is 6.07 Å². The van der Waals surface area contributed by atoms with E-state index in [1.165, 1.54) is 0 Å². The second-order valence-corrected chi connectivity index (χ2v) is 6.96. The molecule has 2 amide bonds. The zero-order valence-electron chi connectivity index (χ0n) is 15.6. The Morgan fingerprint density at radius 1 is 1.04 bits per heavy atom. The highest BCUT2D eigenvalue weighted by Crippen LogP contribution is 2.20. The van der Waals surface area contributed by atoms with Crippen LogP contribution in [0, 0.1) is 0 Å². The highest BCUT2D eigenvalue weighted by Gasteiger charge is 2.16. The fourth-order valence-corrected chi connectivity index (χ4v) is 3.37. The predicted octanol–water partition coefficient (Wildman–Crippen LogP) is 3.05. The molecular formula is C22H23N3O3. The van der Waals surface area contributed by atoms with Crippen LogP contribution < -0.4 is 10.6 Å². The number of para-hydroxylation sites is 1. The Labute approximate surface area is 163 Å². The van der Waals surface area contributed by atoms with Crippen LogP contribution >= 0.6 is 0 Å². The molecule has 3 aromatic rings. The number of nitrogens with one attached hydrogen (secondary N) is 2. The van der Waals surface area contributed by atoms with Crippen molar-refractivity contribution in [2.75, 3.05) is 31.5 Å². The largest absolute Gasteiger partial charge is 0.451 e. The zero-order valence-corrected chi connectivity index (χ0v) is 15.6. The number of rotatable bonds is 4. The highest BCUT2D eigenvalue weighted by molar-refractivity contribution is 6.04. The number of nitrogens with zero attached hydrogens (tertiary/aromatic N) is 1. The number of hydrogen-bond acceptors (Lipinski definition) is 4. The van der Waals surface area contributed by atoms with Crippen LogP contribution in [0.1, 0.15) is 22.5 Å². The van der Waals surface area contributed by atoms with Crippen LogP contribution in [0.5, 0.6) is 0 Å². The van der Waals surface area contributed by atoms with Gasteiger partial charge in [-0.3, -0.25) is 9.59 Å². The van der Waals surface area contributed by atoms with Crippen molar-refractivity contribution in [3.05, 3.63) is 65.9 Å². The summed E-state index contributed by atoms with van der Waals surface area (Å²) in [5.74, 6) is 0.120. The summed E-state index contributed by atoms with van der Waals surface area (Å²) in [6.45, 7) is 3.36. The van der Waals surface area contributed by atoms with Crippen molar-refractivity contribution in [1.29, 1.82) is 0 Å². The first kappa shape index (κ1) is 18.3. The van der Waals surface area contributed by atoms with Crippen LogP contribution in [0.2, 0.25) is 0 Å². The second-order valence-electron chi connectivity index (χ2n) is 6.96. The lowest BCUT2D eigenvalue weighted by Gasteiger charge is -2.20. The summed E-state index contributed by atoms with van der Waals surface area (Å²) in [7, 11) is 0. The van der Waals surface area contributed by atoms with Gasteiger partial charge in [-0.05, 0) is 42.8 Å². The SMILES string of the molecule is O=C(Nc1ccc(CC(=O)N2CCCNCC2)cc1)c1cc2ccccc2o1. The van der Waals surface area contributed by atoms with Crippen LogP contribution in [0.15, 0.2) is 59.0 Å². The van der Waals surface area contributed by atoms with Gasteiger partial charge in [0.25, 0.3) is 5.91 Å². The minimum Gasteiger partial charge on any atom is -0.451 e. The van der Waals surface area contributed by atoms with E-state index in [9.17, 15) is 9.59 Å². The molecule has 0 aliphatic carbocycles. The summed E-state index contributed by atoms with van der Waals surface area (Å²) >= 11 is 0. The van der Waals surface area contributed by atoms with Crippen molar-refractivity contribution in [3.63, 3.8) is 0 Å². The summed E-state index contributed by atoms with van der Waals surface area (Å²) in [5.41, 5.74) is 2.29. The highest BCUT2D eigenvalue weighted by atomic mass is 16.3. The third-order valence-corrected chi connectivity index (χ3v) is 4.91. The number of hydrogen-bond donors (Lipinski definition) is 2. The minimum atomic E-state index is -0.294. The third-order valence-electron chi connectivity index (χ3n) is 4.91. The topological polar surface area (TPSA) is 74.6 Å². The van der Waals surface area contributed by atoms with E-state index in [0.717, 1.165) is 43.5 Å². The average molecular weight is 377 g/mol. The summed E-state index contributed by atoms with van der Waals surface area (Å²) in [6, 6.07) is 16.6. The van der Waals surface area contributed by atoms with E-state index in [0.29, 0.717) is 17.7 Å². The number of carbonyl (C=O) groups is 2. The Balaban J connectivity index is 1.37. The maximum absolute atomic E-state index is 12.5. The van der Waals surface area contributed by atoms with E-state index in [4.69, 9.17) is 4.42 Å². The molecule has 0 unspecified atom stereocenters. The van der Waals surface area contributed by atoms with Gasteiger partial charge in [-0.1, -0.05) is 30.3 Å². The Kier molecular flexibility index (Phi) is 5.39. The van der Waals surface area contributed by atoms with E-state index in [1.807, 2.05) is 53.4 Å². The molecule has 1 aliphatic rings. The molecule has 28 heavy (non-hydrogen) atoms. The molecule has 4 rings (SSSR count). The molecule has 1 aliphatic heterocycles. The molecule has 1 aromatic heterocycles. The molecular weight excluding hydrogens is 354 g/mol. The monoisotopic (exact) mass is 377 g/mol. The Bertz CT molecular complexity index is 937. The summed E-state index contributed by atoms with van der Waals surface area (Å²) < 4.78 is 5.59. The zero-order chi connectivity index (χ0) is 19.3. The molecule has 1 fully saturated rings. The quantitative estimate of drug-likeness (QED) is 0.733. The second kappa shape index (κ2) is 8.27. The van der Waals surface area contributed by atoms with Crippen molar-refractivity contribution in [2.24, 2.45) is 0 Å². The van der Waals surface area contributed by atoms with Gasteiger partial charge < -0.3 is 20.0 Å². The van der Waals surface area contributed by atoms with Crippen LogP contribution in [0.4, 0.5) is 5.69 Å². The Hall–Kier alpha value is -3.12. The van der Waals surface area contributed by atoms with Gasteiger partial charge in [0.05, 0.1) is 6.42 Å². The minimum absolute atomic E-state index is 0.141. The van der Waals surface area contributed by atoms with Crippen molar-refractivity contribution < 1.29 is 14.0 Å². The fraction of sp³-hybridized carbons (Fsp3) is 0.273. The standard InChI is InChI=1S/C22H23N3O3/c26-21(25-12-3-10-23-11-13-25)14-16-6-8-18(9-7-16)24-22(27)20-15-17-4-1-2-5-19(17)28-20/h1-2,4-9,15,23H,3,10-14H2,(H,24,27). The van der Waals surface area contributed by atoms with Gasteiger partial charge in [-0.2, -0.15) is 0 Å². The normalized spacial score (nSPS) is 14.6. The molecule has 2 heterocycles. The van der Waals surface area contributed by atoms with Gasteiger partial charge in [0.2, 0.25) is 5.91 Å².